The summed E-state index contributed by atoms with van der Waals surface area (Å²) >= 11 is 8.85. The molecule has 0 amide bonds. The van der Waals surface area contributed by atoms with E-state index in [1.807, 2.05) is 12.1 Å². The molecule has 0 aliphatic carbocycles. The van der Waals surface area contributed by atoms with Gasteiger partial charge in [-0.3, -0.25) is 0 Å². The molecule has 1 aromatic rings. The Bertz CT molecular complexity index is 549. The Kier molecular flexibility index (Phi) is 7.58. The zero-order valence-corrected chi connectivity index (χ0v) is 14.1. The zero-order valence-electron chi connectivity index (χ0n) is 10.9. The van der Waals surface area contributed by atoms with Gasteiger partial charge in [0.2, 0.25) is 10.0 Å². The van der Waals surface area contributed by atoms with Crippen LogP contribution in [0.5, 0.6) is 5.75 Å². The first kappa shape index (κ1) is 17.5. The molecule has 4 nitrogen and oxygen atoms in total. The number of alkyl halides is 1. The minimum atomic E-state index is -3.26. The van der Waals surface area contributed by atoms with Crippen molar-refractivity contribution in [1.82, 2.24) is 4.72 Å². The van der Waals surface area contributed by atoms with Gasteiger partial charge in [-0.1, -0.05) is 28.6 Å². The maximum atomic E-state index is 11.5. The molecule has 0 radical (unpaired) electrons. The Morgan fingerprint density at radius 3 is 2.85 bits per heavy atom. The number of hydrogen-bond donors (Lipinski definition) is 1. The molecular weight excluding hydrogens is 366 g/mol. The molecule has 0 fully saturated rings. The van der Waals surface area contributed by atoms with Gasteiger partial charge < -0.3 is 4.74 Å². The molecule has 0 saturated heterocycles. The van der Waals surface area contributed by atoms with Crippen molar-refractivity contribution < 1.29 is 13.2 Å². The maximum absolute atomic E-state index is 11.5. The van der Waals surface area contributed by atoms with Gasteiger partial charge in [-0.25, -0.2) is 13.1 Å². The van der Waals surface area contributed by atoms with E-state index in [1.165, 1.54) is 0 Å². The van der Waals surface area contributed by atoms with E-state index in [-0.39, 0.29) is 18.9 Å². The quantitative estimate of drug-likeness (QED) is 0.527. The largest absolute Gasteiger partial charge is 0.492 e. The Hall–Kier alpha value is -0.560. The van der Waals surface area contributed by atoms with Gasteiger partial charge in [-0.2, -0.15) is 0 Å². The number of hydrogen-bond acceptors (Lipinski definition) is 3. The molecule has 7 heteroatoms. The molecule has 0 bridgehead atoms. The lowest BCUT2D eigenvalue weighted by Crippen LogP contribution is -2.30. The molecule has 0 heterocycles. The van der Waals surface area contributed by atoms with Gasteiger partial charge in [0.1, 0.15) is 12.4 Å². The molecule has 112 valence electrons. The number of benzene rings is 1. The van der Waals surface area contributed by atoms with E-state index in [0.29, 0.717) is 18.1 Å². The third kappa shape index (κ3) is 6.26. The van der Waals surface area contributed by atoms with Crippen LogP contribution in [0.1, 0.15) is 12.0 Å². The van der Waals surface area contributed by atoms with Crippen molar-refractivity contribution in [3.8, 4) is 5.75 Å². The molecule has 0 spiro atoms. The van der Waals surface area contributed by atoms with Gasteiger partial charge in [0.25, 0.3) is 0 Å². The average Bonchev–Trinajstić information content (AvgIpc) is 2.43. The molecular formula is C13H17BrClNO3S. The lowest BCUT2D eigenvalue weighted by atomic mass is 10.2. The summed E-state index contributed by atoms with van der Waals surface area (Å²) in [6, 6.07) is 5.50. The zero-order chi connectivity index (χ0) is 15.0. The first-order valence-electron chi connectivity index (χ1n) is 6.06. The normalized spacial score (nSPS) is 11.3. The third-order valence-electron chi connectivity index (χ3n) is 2.43. The van der Waals surface area contributed by atoms with E-state index < -0.39 is 10.0 Å². The second kappa shape index (κ2) is 8.67. The molecule has 1 N–H and O–H groups in total. The average molecular weight is 383 g/mol. The molecule has 1 rings (SSSR count). The van der Waals surface area contributed by atoms with E-state index in [2.05, 4.69) is 27.2 Å². The Morgan fingerprint density at radius 1 is 1.45 bits per heavy atom. The van der Waals surface area contributed by atoms with Gasteiger partial charge >= 0.3 is 0 Å². The summed E-state index contributed by atoms with van der Waals surface area (Å²) in [5.41, 5.74) is 0.921. The molecule has 0 aromatic heterocycles. The van der Waals surface area contributed by atoms with Crippen molar-refractivity contribution in [1.29, 1.82) is 0 Å². The minimum absolute atomic E-state index is 0.0371. The molecule has 0 saturated carbocycles. The Labute approximate surface area is 133 Å². The summed E-state index contributed by atoms with van der Waals surface area (Å²) in [7, 11) is -3.26. The van der Waals surface area contributed by atoms with Crippen molar-refractivity contribution >= 4 is 43.6 Å². The highest BCUT2D eigenvalue weighted by Crippen LogP contribution is 2.23. The fourth-order valence-electron chi connectivity index (χ4n) is 1.45. The summed E-state index contributed by atoms with van der Waals surface area (Å²) < 4.78 is 31.9. The number of ether oxygens (including phenoxy) is 1. The lowest BCUT2D eigenvalue weighted by Gasteiger charge is -2.09. The SMILES string of the molecule is C=Cc1cc(OCCNS(=O)(=O)CCCCl)ccc1Br. The number of sulfonamides is 1. The van der Waals surface area contributed by atoms with E-state index in [4.69, 9.17) is 16.3 Å². The summed E-state index contributed by atoms with van der Waals surface area (Å²) in [6.45, 7) is 4.19. The van der Waals surface area contributed by atoms with Gasteiger partial charge in [0, 0.05) is 16.9 Å². The van der Waals surface area contributed by atoms with Gasteiger partial charge in [0.05, 0.1) is 5.75 Å². The number of halogens is 2. The molecule has 0 atom stereocenters. The second-order valence-electron chi connectivity index (χ2n) is 3.99. The van der Waals surface area contributed by atoms with E-state index in [0.717, 1.165) is 10.0 Å². The Morgan fingerprint density at radius 2 is 2.20 bits per heavy atom. The number of rotatable bonds is 9. The van der Waals surface area contributed by atoms with Gasteiger partial charge in [-0.05, 0) is 30.2 Å². The highest BCUT2D eigenvalue weighted by atomic mass is 79.9. The van der Waals surface area contributed by atoms with Crippen molar-refractivity contribution in [2.45, 2.75) is 6.42 Å². The third-order valence-corrected chi connectivity index (χ3v) is 4.89. The van der Waals surface area contributed by atoms with Crippen LogP contribution in [0.4, 0.5) is 0 Å². The van der Waals surface area contributed by atoms with Crippen LogP contribution in [-0.2, 0) is 10.0 Å². The van der Waals surface area contributed by atoms with Gasteiger partial charge in [0.15, 0.2) is 0 Å². The molecule has 0 aliphatic rings. The van der Waals surface area contributed by atoms with E-state index in [1.54, 1.807) is 12.1 Å². The summed E-state index contributed by atoms with van der Waals surface area (Å²) in [5.74, 6) is 1.04. The van der Waals surface area contributed by atoms with Crippen LogP contribution in [-0.4, -0.2) is 33.2 Å². The van der Waals surface area contributed by atoms with E-state index >= 15 is 0 Å². The monoisotopic (exact) mass is 381 g/mol. The van der Waals surface area contributed by atoms with Crippen molar-refractivity contribution in [2.75, 3.05) is 24.8 Å². The van der Waals surface area contributed by atoms with Crippen molar-refractivity contribution in [3.05, 3.63) is 34.8 Å². The minimum Gasteiger partial charge on any atom is -0.492 e. The van der Waals surface area contributed by atoms with Crippen LogP contribution in [0.15, 0.2) is 29.3 Å². The van der Waals surface area contributed by atoms with Crippen LogP contribution in [0, 0.1) is 0 Å². The molecule has 0 aliphatic heterocycles. The van der Waals surface area contributed by atoms with Gasteiger partial charge in [-0.15, -0.1) is 11.6 Å². The Balaban J connectivity index is 2.40. The predicted molar refractivity (Wildman–Crippen MR) is 86.9 cm³/mol. The maximum Gasteiger partial charge on any atom is 0.211 e. The van der Waals surface area contributed by atoms with Crippen LogP contribution in [0.25, 0.3) is 6.08 Å². The molecule has 20 heavy (non-hydrogen) atoms. The first-order chi connectivity index (χ1) is 9.48. The second-order valence-corrected chi connectivity index (χ2v) is 7.15. The van der Waals surface area contributed by atoms with Crippen molar-refractivity contribution in [3.63, 3.8) is 0 Å². The highest BCUT2D eigenvalue weighted by Gasteiger charge is 2.08. The highest BCUT2D eigenvalue weighted by molar-refractivity contribution is 9.10. The number of nitrogens with one attached hydrogen (secondary N) is 1. The standard InChI is InChI=1S/C13H17BrClNO3S/c1-2-11-10-12(4-5-13(11)14)19-8-7-16-20(17,18)9-3-6-15/h2,4-5,10,16H,1,3,6-9H2. The topological polar surface area (TPSA) is 55.4 Å². The van der Waals surface area contributed by atoms with Crippen LogP contribution >= 0.6 is 27.5 Å². The van der Waals surface area contributed by atoms with Crippen molar-refractivity contribution in [2.24, 2.45) is 0 Å². The predicted octanol–water partition coefficient (Wildman–Crippen LogP) is 3.02. The van der Waals surface area contributed by atoms with E-state index in [9.17, 15) is 8.42 Å². The van der Waals surface area contributed by atoms with Crippen LogP contribution < -0.4 is 9.46 Å². The molecule has 1 aromatic carbocycles. The first-order valence-corrected chi connectivity index (χ1v) is 9.04. The lowest BCUT2D eigenvalue weighted by molar-refractivity contribution is 0.322. The fraction of sp³-hybridized carbons (Fsp3) is 0.385. The summed E-state index contributed by atoms with van der Waals surface area (Å²) in [6.07, 6.45) is 2.15. The fourth-order valence-corrected chi connectivity index (χ4v) is 3.21. The van der Waals surface area contributed by atoms with Crippen LogP contribution in [0.2, 0.25) is 0 Å². The molecule has 0 unspecified atom stereocenters. The smallest absolute Gasteiger partial charge is 0.211 e. The summed E-state index contributed by atoms with van der Waals surface area (Å²) in [4.78, 5) is 0. The summed E-state index contributed by atoms with van der Waals surface area (Å²) in [5, 5.41) is 0. The van der Waals surface area contributed by atoms with Crippen LogP contribution in [0.3, 0.4) is 0 Å².